The highest BCUT2D eigenvalue weighted by atomic mass is 31.2. The third-order valence-electron chi connectivity index (χ3n) is 16.2. The second kappa shape index (κ2) is 59.4. The molecule has 0 aromatic heterocycles. The van der Waals surface area contributed by atoms with Crippen LogP contribution in [0.1, 0.15) is 337 Å². The lowest BCUT2D eigenvalue weighted by molar-refractivity contribution is -0.161. The molecule has 0 aliphatic rings. The quantitative estimate of drug-likeness (QED) is 0.0222. The Morgan fingerprint density at radius 1 is 0.326 bits per heavy atom. The van der Waals surface area contributed by atoms with Gasteiger partial charge in [-0.2, -0.15) is 0 Å². The molecule has 0 radical (unpaired) electrons. The molecule has 0 aliphatic heterocycles. The van der Waals surface area contributed by atoms with Gasteiger partial charge in [0.25, 0.3) is 0 Å². The molecule has 510 valence electrons. The molecule has 0 aromatic rings. The first kappa shape index (κ1) is 84.1. The lowest BCUT2D eigenvalue weighted by atomic mass is 9.99. The van der Waals surface area contributed by atoms with E-state index < -0.39 is 97.5 Å². The molecular weight excluding hydrogens is 1140 g/mol. The molecule has 0 spiro atoms. The second-order valence-electron chi connectivity index (χ2n) is 24.7. The number of hydrogen-bond acceptors (Lipinski definition) is 15. The molecule has 0 heterocycles. The van der Waals surface area contributed by atoms with E-state index in [0.29, 0.717) is 25.7 Å². The van der Waals surface area contributed by atoms with Gasteiger partial charge in [-0.15, -0.1) is 0 Å². The van der Waals surface area contributed by atoms with Crippen molar-refractivity contribution in [2.24, 2.45) is 11.8 Å². The standard InChI is InChI=1S/C67H130O17P2/c1-7-11-13-15-17-19-21-26-30-37-43-49-64(69)77-55-62(83-67(72)52-46-40-32-28-24-23-25-29-35-41-47-59(5)9-3)57-81-85(73,74)79-53-61(68)54-80-86(75,76)82-58-63(56-78-65(70)50-44-38-34-33-36-42-48-60(6)10-4)84-66(71)51-45-39-31-27-22-20-18-16-14-12-8-2/h59-63,68H,7-58H2,1-6H3,(H,73,74)(H,75,76)/t59?,60?,61-,62-,63-/m1/s1. The van der Waals surface area contributed by atoms with Crippen molar-refractivity contribution >= 4 is 39.5 Å². The number of phosphoric ester groups is 2. The summed E-state index contributed by atoms with van der Waals surface area (Å²) in [5.74, 6) is -0.594. The van der Waals surface area contributed by atoms with Gasteiger partial charge in [0.1, 0.15) is 19.3 Å². The minimum absolute atomic E-state index is 0.106. The Morgan fingerprint density at radius 2 is 0.558 bits per heavy atom. The predicted octanol–water partition coefficient (Wildman–Crippen LogP) is 18.8. The highest BCUT2D eigenvalue weighted by molar-refractivity contribution is 7.47. The van der Waals surface area contributed by atoms with Crippen molar-refractivity contribution in [3.8, 4) is 0 Å². The molecule has 19 heteroatoms. The summed E-state index contributed by atoms with van der Waals surface area (Å²) < 4.78 is 68.1. The SMILES string of the molecule is CCCCCCCCCCCCCC(=O)OC[C@H](COP(=O)(O)OC[C@@H](O)COP(=O)(O)OC[C@@H](COC(=O)CCCCCCCCC(C)CC)OC(=O)CCCCCCCCCCCCC)OC(=O)CCCCCCCCCCCCC(C)CC. The largest absolute Gasteiger partial charge is 0.472 e. The molecule has 4 unspecified atom stereocenters. The van der Waals surface area contributed by atoms with Crippen LogP contribution in [0.2, 0.25) is 0 Å². The Kier molecular flexibility index (Phi) is 58.0. The highest BCUT2D eigenvalue weighted by Crippen LogP contribution is 2.45. The van der Waals surface area contributed by atoms with Crippen LogP contribution in [0.3, 0.4) is 0 Å². The molecule has 0 fully saturated rings. The van der Waals surface area contributed by atoms with Crippen molar-refractivity contribution in [2.75, 3.05) is 39.6 Å². The average Bonchev–Trinajstić information content (AvgIpc) is 3.63. The zero-order valence-corrected chi connectivity index (χ0v) is 57.4. The lowest BCUT2D eigenvalue weighted by Crippen LogP contribution is -2.30. The topological polar surface area (TPSA) is 237 Å². The summed E-state index contributed by atoms with van der Waals surface area (Å²) >= 11 is 0. The van der Waals surface area contributed by atoms with E-state index in [4.69, 9.17) is 37.0 Å². The summed E-state index contributed by atoms with van der Waals surface area (Å²) in [5, 5.41) is 10.6. The summed E-state index contributed by atoms with van der Waals surface area (Å²) in [5.41, 5.74) is 0. The van der Waals surface area contributed by atoms with E-state index in [0.717, 1.165) is 108 Å². The maximum atomic E-state index is 13.0. The number of unbranched alkanes of at least 4 members (excludes halogenated alkanes) is 34. The molecular formula is C67H130O17P2. The van der Waals surface area contributed by atoms with Crippen molar-refractivity contribution in [1.82, 2.24) is 0 Å². The van der Waals surface area contributed by atoms with Crippen LogP contribution in [0, 0.1) is 11.8 Å². The maximum Gasteiger partial charge on any atom is 0.472 e. The van der Waals surface area contributed by atoms with E-state index >= 15 is 0 Å². The first-order chi connectivity index (χ1) is 41.4. The van der Waals surface area contributed by atoms with Crippen molar-refractivity contribution in [1.29, 1.82) is 0 Å². The van der Waals surface area contributed by atoms with E-state index in [1.165, 1.54) is 148 Å². The average molecular weight is 1270 g/mol. The first-order valence-electron chi connectivity index (χ1n) is 35.1. The van der Waals surface area contributed by atoms with Gasteiger partial charge in [-0.1, -0.05) is 286 Å². The number of rotatable bonds is 66. The predicted molar refractivity (Wildman–Crippen MR) is 345 cm³/mol. The third kappa shape index (κ3) is 58.4. The van der Waals surface area contributed by atoms with Crippen LogP contribution >= 0.6 is 15.6 Å². The van der Waals surface area contributed by atoms with Crippen LogP contribution < -0.4 is 0 Å². The lowest BCUT2D eigenvalue weighted by Gasteiger charge is -2.21. The van der Waals surface area contributed by atoms with Crippen LogP contribution in [0.5, 0.6) is 0 Å². The highest BCUT2D eigenvalue weighted by Gasteiger charge is 2.30. The van der Waals surface area contributed by atoms with E-state index in [1.807, 2.05) is 0 Å². The summed E-state index contributed by atoms with van der Waals surface area (Å²) in [6.45, 7) is 9.50. The Labute approximate surface area is 524 Å². The van der Waals surface area contributed by atoms with E-state index in [1.54, 1.807) is 0 Å². The fourth-order valence-corrected chi connectivity index (χ4v) is 11.6. The van der Waals surface area contributed by atoms with E-state index in [2.05, 4.69) is 41.5 Å². The number of carbonyl (C=O) groups is 4. The van der Waals surface area contributed by atoms with Gasteiger partial charge >= 0.3 is 39.5 Å². The summed E-state index contributed by atoms with van der Waals surface area (Å²) in [7, 11) is -9.89. The number of ether oxygens (including phenoxy) is 4. The summed E-state index contributed by atoms with van der Waals surface area (Å²) in [4.78, 5) is 72.4. The number of esters is 4. The van der Waals surface area contributed by atoms with Gasteiger partial charge in [0.2, 0.25) is 0 Å². The van der Waals surface area contributed by atoms with Crippen LogP contribution in [-0.4, -0.2) is 96.7 Å². The molecule has 0 saturated heterocycles. The van der Waals surface area contributed by atoms with Crippen LogP contribution in [0.25, 0.3) is 0 Å². The zero-order valence-electron chi connectivity index (χ0n) is 55.6. The summed E-state index contributed by atoms with van der Waals surface area (Å²) in [6.07, 6.45) is 42.9. The molecule has 0 amide bonds. The maximum absolute atomic E-state index is 13.0. The smallest absolute Gasteiger partial charge is 0.462 e. The molecule has 0 aliphatic carbocycles. The minimum Gasteiger partial charge on any atom is -0.462 e. The third-order valence-corrected chi connectivity index (χ3v) is 18.1. The van der Waals surface area contributed by atoms with Gasteiger partial charge in [-0.3, -0.25) is 37.3 Å². The fourth-order valence-electron chi connectivity index (χ4n) is 10.00. The van der Waals surface area contributed by atoms with E-state index in [-0.39, 0.29) is 25.7 Å². The van der Waals surface area contributed by atoms with Crippen molar-refractivity contribution in [2.45, 2.75) is 355 Å². The fraction of sp³-hybridized carbons (Fsp3) is 0.940. The first-order valence-corrected chi connectivity index (χ1v) is 38.1. The number of phosphoric acid groups is 2. The molecule has 0 rings (SSSR count). The molecule has 7 atom stereocenters. The second-order valence-corrected chi connectivity index (χ2v) is 27.6. The Morgan fingerprint density at radius 3 is 0.826 bits per heavy atom. The molecule has 0 saturated carbocycles. The normalized spacial score (nSPS) is 14.8. The van der Waals surface area contributed by atoms with Crippen molar-refractivity contribution in [3.63, 3.8) is 0 Å². The zero-order chi connectivity index (χ0) is 63.6. The van der Waals surface area contributed by atoms with Gasteiger partial charge in [0.15, 0.2) is 12.2 Å². The summed E-state index contributed by atoms with van der Waals surface area (Å²) in [6, 6.07) is 0. The molecule has 17 nitrogen and oxygen atoms in total. The molecule has 3 N–H and O–H groups in total. The van der Waals surface area contributed by atoms with Gasteiger partial charge < -0.3 is 33.8 Å². The van der Waals surface area contributed by atoms with Crippen molar-refractivity contribution < 1.29 is 80.2 Å². The van der Waals surface area contributed by atoms with Gasteiger partial charge in [-0.25, -0.2) is 9.13 Å². The Balaban J connectivity index is 5.26. The number of carbonyl (C=O) groups excluding carboxylic acids is 4. The molecule has 0 bridgehead atoms. The molecule has 0 aromatic carbocycles. The monoisotopic (exact) mass is 1270 g/mol. The number of aliphatic hydroxyl groups is 1. The van der Waals surface area contributed by atoms with Crippen molar-refractivity contribution in [3.05, 3.63) is 0 Å². The van der Waals surface area contributed by atoms with Crippen LogP contribution in [-0.2, 0) is 65.4 Å². The molecule has 86 heavy (non-hydrogen) atoms. The van der Waals surface area contributed by atoms with Gasteiger partial charge in [0, 0.05) is 25.7 Å². The van der Waals surface area contributed by atoms with Gasteiger partial charge in [0.05, 0.1) is 26.4 Å². The number of hydrogen-bond donors (Lipinski definition) is 3. The van der Waals surface area contributed by atoms with E-state index in [9.17, 15) is 43.2 Å². The van der Waals surface area contributed by atoms with Crippen LogP contribution in [0.15, 0.2) is 0 Å². The number of aliphatic hydroxyl groups excluding tert-OH is 1. The minimum atomic E-state index is -4.95. The van der Waals surface area contributed by atoms with Gasteiger partial charge in [-0.05, 0) is 37.5 Å². The Hall–Kier alpha value is -1.94. The van der Waals surface area contributed by atoms with Crippen LogP contribution in [0.4, 0.5) is 0 Å². The Bertz CT molecular complexity index is 1690.